The maximum atomic E-state index is 12.2. The van der Waals surface area contributed by atoms with Crippen LogP contribution in [0.25, 0.3) is 0 Å². The van der Waals surface area contributed by atoms with Gasteiger partial charge in [0.1, 0.15) is 12.4 Å². The van der Waals surface area contributed by atoms with Gasteiger partial charge in [0.15, 0.2) is 0 Å². The molecule has 7 heteroatoms. The van der Waals surface area contributed by atoms with Gasteiger partial charge in [0.25, 0.3) is 5.91 Å². The fraction of sp³-hybridized carbons (Fsp3) is 0.588. The molecule has 2 rings (SSSR count). The molecule has 0 radical (unpaired) electrons. The van der Waals surface area contributed by atoms with E-state index < -0.39 is 0 Å². The summed E-state index contributed by atoms with van der Waals surface area (Å²) < 4.78 is 10.5. The van der Waals surface area contributed by atoms with Gasteiger partial charge in [-0.3, -0.25) is 4.79 Å². The Morgan fingerprint density at radius 1 is 1.29 bits per heavy atom. The molecule has 1 fully saturated rings. The molecule has 0 aliphatic carbocycles. The predicted octanol–water partition coefficient (Wildman–Crippen LogP) is 1.16. The van der Waals surface area contributed by atoms with Crippen LogP contribution < -0.4 is 15.4 Å². The molecular formula is C17H28ClN3O3. The molecule has 0 atom stereocenters. The Balaban J connectivity index is 0.00000288. The van der Waals surface area contributed by atoms with Gasteiger partial charge < -0.3 is 25.0 Å². The van der Waals surface area contributed by atoms with Gasteiger partial charge in [0.2, 0.25) is 0 Å². The Kier molecular flexibility index (Phi) is 10.4. The summed E-state index contributed by atoms with van der Waals surface area (Å²) in [5, 5.41) is 6.31. The Morgan fingerprint density at radius 3 is 2.83 bits per heavy atom. The normalized spacial score (nSPS) is 14.7. The summed E-state index contributed by atoms with van der Waals surface area (Å²) in [6.45, 7) is 7.03. The lowest BCUT2D eigenvalue weighted by Gasteiger charge is -2.27. The van der Waals surface area contributed by atoms with E-state index in [1.807, 2.05) is 12.1 Å². The first-order chi connectivity index (χ1) is 11.3. The largest absolute Gasteiger partial charge is 0.491 e. The van der Waals surface area contributed by atoms with Crippen LogP contribution in [0.2, 0.25) is 0 Å². The molecule has 6 nitrogen and oxygen atoms in total. The van der Waals surface area contributed by atoms with Crippen molar-refractivity contribution in [1.82, 2.24) is 15.5 Å². The van der Waals surface area contributed by atoms with Gasteiger partial charge in [-0.05, 0) is 31.2 Å². The molecule has 0 spiro atoms. The third kappa shape index (κ3) is 7.49. The molecule has 1 aliphatic heterocycles. The fourth-order valence-corrected chi connectivity index (χ4v) is 2.51. The van der Waals surface area contributed by atoms with Gasteiger partial charge >= 0.3 is 0 Å². The zero-order valence-electron chi connectivity index (χ0n) is 14.3. The standard InChI is InChI=1S/C17H27N3O3.ClH/c1-22-12-13-23-16-5-2-4-15(14-16)17(21)19-6-3-9-20-10-7-18-8-11-20;/h2,4-5,14,18H,3,6-13H2,1H3,(H,19,21);1H. The first-order valence-corrected chi connectivity index (χ1v) is 8.22. The lowest BCUT2D eigenvalue weighted by molar-refractivity contribution is 0.0950. The van der Waals surface area contributed by atoms with Crippen LogP contribution in [0.3, 0.4) is 0 Å². The second-order valence-electron chi connectivity index (χ2n) is 5.57. The van der Waals surface area contributed by atoms with E-state index in [0.29, 0.717) is 31.1 Å². The molecule has 1 amide bonds. The van der Waals surface area contributed by atoms with Gasteiger partial charge in [-0.2, -0.15) is 0 Å². The van der Waals surface area contributed by atoms with Crippen molar-refractivity contribution in [3.05, 3.63) is 29.8 Å². The SMILES string of the molecule is COCCOc1cccc(C(=O)NCCCN2CCNCC2)c1.Cl. The third-order valence-electron chi connectivity index (χ3n) is 3.80. The van der Waals surface area contributed by atoms with E-state index in [-0.39, 0.29) is 18.3 Å². The van der Waals surface area contributed by atoms with Gasteiger partial charge in [-0.25, -0.2) is 0 Å². The Morgan fingerprint density at radius 2 is 2.08 bits per heavy atom. The van der Waals surface area contributed by atoms with E-state index in [1.165, 1.54) is 0 Å². The minimum atomic E-state index is -0.0532. The third-order valence-corrected chi connectivity index (χ3v) is 3.80. The van der Waals surface area contributed by atoms with Gasteiger partial charge in [0.05, 0.1) is 6.61 Å². The highest BCUT2D eigenvalue weighted by molar-refractivity contribution is 5.94. The lowest BCUT2D eigenvalue weighted by atomic mass is 10.2. The van der Waals surface area contributed by atoms with Crippen molar-refractivity contribution in [2.45, 2.75) is 6.42 Å². The highest BCUT2D eigenvalue weighted by Gasteiger charge is 2.09. The molecule has 1 heterocycles. The number of carbonyl (C=O) groups excluding carboxylic acids is 1. The number of methoxy groups -OCH3 is 1. The van der Waals surface area contributed by atoms with Crippen LogP contribution in [-0.4, -0.2) is 70.4 Å². The van der Waals surface area contributed by atoms with Crippen molar-refractivity contribution in [2.24, 2.45) is 0 Å². The summed E-state index contributed by atoms with van der Waals surface area (Å²) in [4.78, 5) is 14.6. The Bertz CT molecular complexity index is 482. The van der Waals surface area contributed by atoms with E-state index in [1.54, 1.807) is 19.2 Å². The molecule has 136 valence electrons. The number of rotatable bonds is 9. The summed E-state index contributed by atoms with van der Waals surface area (Å²) in [5.41, 5.74) is 0.627. The van der Waals surface area contributed by atoms with Gasteiger partial charge in [-0.1, -0.05) is 6.07 Å². The number of ether oxygens (including phenoxy) is 2. The zero-order valence-corrected chi connectivity index (χ0v) is 15.1. The van der Waals surface area contributed by atoms with Gasteiger partial charge in [0, 0.05) is 45.4 Å². The molecule has 1 aromatic carbocycles. The molecule has 2 N–H and O–H groups in total. The molecule has 0 unspecified atom stereocenters. The number of nitrogens with one attached hydrogen (secondary N) is 2. The van der Waals surface area contributed by atoms with Crippen molar-refractivity contribution < 1.29 is 14.3 Å². The summed E-state index contributed by atoms with van der Waals surface area (Å²) in [5.74, 6) is 0.637. The van der Waals surface area contributed by atoms with Crippen molar-refractivity contribution in [2.75, 3.05) is 59.6 Å². The topological polar surface area (TPSA) is 62.8 Å². The van der Waals surface area contributed by atoms with Crippen LogP contribution >= 0.6 is 12.4 Å². The number of nitrogens with zero attached hydrogens (tertiary/aromatic N) is 1. The molecule has 24 heavy (non-hydrogen) atoms. The molecule has 0 saturated carbocycles. The van der Waals surface area contributed by atoms with E-state index in [0.717, 1.165) is 39.1 Å². The highest BCUT2D eigenvalue weighted by Crippen LogP contribution is 2.13. The maximum absolute atomic E-state index is 12.2. The second kappa shape index (κ2) is 12.1. The van der Waals surface area contributed by atoms with Crippen LogP contribution in [0, 0.1) is 0 Å². The quantitative estimate of drug-likeness (QED) is 0.649. The number of hydrogen-bond donors (Lipinski definition) is 2. The first kappa shape index (κ1) is 20.7. The number of benzene rings is 1. The fourth-order valence-electron chi connectivity index (χ4n) is 2.51. The Hall–Kier alpha value is -1.34. The predicted molar refractivity (Wildman–Crippen MR) is 97.3 cm³/mol. The maximum Gasteiger partial charge on any atom is 0.251 e. The summed E-state index contributed by atoms with van der Waals surface area (Å²) in [7, 11) is 1.63. The van der Waals surface area contributed by atoms with Crippen molar-refractivity contribution in [3.8, 4) is 5.75 Å². The van der Waals surface area contributed by atoms with Crippen LogP contribution in [0.1, 0.15) is 16.8 Å². The average molecular weight is 358 g/mol. The van der Waals surface area contributed by atoms with Crippen molar-refractivity contribution >= 4 is 18.3 Å². The number of carbonyl (C=O) groups is 1. The zero-order chi connectivity index (χ0) is 16.3. The summed E-state index contributed by atoms with van der Waals surface area (Å²) in [6.07, 6.45) is 0.968. The van der Waals surface area contributed by atoms with E-state index in [9.17, 15) is 4.79 Å². The minimum absolute atomic E-state index is 0. The monoisotopic (exact) mass is 357 g/mol. The van der Waals surface area contributed by atoms with Crippen molar-refractivity contribution in [3.63, 3.8) is 0 Å². The molecule has 1 aromatic rings. The van der Waals surface area contributed by atoms with Crippen LogP contribution in [0.5, 0.6) is 5.75 Å². The van der Waals surface area contributed by atoms with Crippen molar-refractivity contribution in [1.29, 1.82) is 0 Å². The van der Waals surface area contributed by atoms with Crippen LogP contribution in [-0.2, 0) is 4.74 Å². The average Bonchev–Trinajstić information content (AvgIpc) is 2.60. The minimum Gasteiger partial charge on any atom is -0.491 e. The molecule has 1 saturated heterocycles. The molecular weight excluding hydrogens is 330 g/mol. The molecule has 0 bridgehead atoms. The number of hydrogen-bond acceptors (Lipinski definition) is 5. The van der Waals surface area contributed by atoms with Gasteiger partial charge in [-0.15, -0.1) is 12.4 Å². The van der Waals surface area contributed by atoms with E-state index in [4.69, 9.17) is 9.47 Å². The lowest BCUT2D eigenvalue weighted by Crippen LogP contribution is -2.44. The van der Waals surface area contributed by atoms with E-state index >= 15 is 0 Å². The number of piperazine rings is 1. The highest BCUT2D eigenvalue weighted by atomic mass is 35.5. The summed E-state index contributed by atoms with van der Waals surface area (Å²) in [6, 6.07) is 7.24. The van der Waals surface area contributed by atoms with Crippen LogP contribution in [0.15, 0.2) is 24.3 Å². The Labute approximate surface area is 150 Å². The number of amides is 1. The first-order valence-electron chi connectivity index (χ1n) is 8.22. The molecule has 1 aliphatic rings. The second-order valence-corrected chi connectivity index (χ2v) is 5.57. The smallest absolute Gasteiger partial charge is 0.251 e. The van der Waals surface area contributed by atoms with E-state index in [2.05, 4.69) is 15.5 Å². The summed E-state index contributed by atoms with van der Waals surface area (Å²) >= 11 is 0. The number of halogens is 1. The molecule has 0 aromatic heterocycles. The van der Waals surface area contributed by atoms with Crippen LogP contribution in [0.4, 0.5) is 0 Å².